The molecule has 3 aromatic rings. The van der Waals surface area contributed by atoms with Crippen molar-refractivity contribution >= 4 is 38.4 Å². The molecule has 1 aliphatic rings. The van der Waals surface area contributed by atoms with Crippen molar-refractivity contribution < 1.29 is 4.79 Å². The van der Waals surface area contributed by atoms with Crippen LogP contribution in [0.3, 0.4) is 0 Å². The fourth-order valence-electron chi connectivity index (χ4n) is 3.77. The Morgan fingerprint density at radius 1 is 1.20 bits per heavy atom. The van der Waals surface area contributed by atoms with Crippen LogP contribution in [0.2, 0.25) is 0 Å². The molecule has 0 bridgehead atoms. The monoisotopic (exact) mass is 427 g/mol. The first kappa shape index (κ1) is 20.3. The average molecular weight is 428 g/mol. The largest absolute Gasteiger partial charge is 0.348 e. The third-order valence-corrected chi connectivity index (χ3v) is 6.50. The number of hydrogen-bond acceptors (Lipinski definition) is 6. The highest BCUT2D eigenvalue weighted by molar-refractivity contribution is 7.22. The molecule has 0 saturated carbocycles. The summed E-state index contributed by atoms with van der Waals surface area (Å²) in [6.07, 6.45) is 2.16. The molecule has 1 aliphatic heterocycles. The van der Waals surface area contributed by atoms with E-state index in [1.165, 1.54) is 23.0 Å². The summed E-state index contributed by atoms with van der Waals surface area (Å²) in [5.74, 6) is -0.0871. The van der Waals surface area contributed by atoms with Gasteiger partial charge in [0.25, 0.3) is 5.56 Å². The molecular formula is C21H25N5O3S. The van der Waals surface area contributed by atoms with Crippen LogP contribution in [-0.2, 0) is 18.4 Å². The number of fused-ring (bicyclic) bond motifs is 1. The summed E-state index contributed by atoms with van der Waals surface area (Å²) in [4.78, 5) is 44.9. The first-order valence-corrected chi connectivity index (χ1v) is 10.9. The van der Waals surface area contributed by atoms with E-state index in [9.17, 15) is 14.4 Å². The van der Waals surface area contributed by atoms with E-state index in [1.54, 1.807) is 0 Å². The fourth-order valence-corrected chi connectivity index (χ4v) is 4.87. The molecule has 0 aliphatic carbocycles. The van der Waals surface area contributed by atoms with Crippen LogP contribution in [-0.4, -0.2) is 33.1 Å². The molecule has 8 nitrogen and oxygen atoms in total. The van der Waals surface area contributed by atoms with Crippen LogP contribution in [0.1, 0.15) is 38.2 Å². The Morgan fingerprint density at radius 2 is 1.90 bits per heavy atom. The predicted molar refractivity (Wildman–Crippen MR) is 120 cm³/mol. The van der Waals surface area contributed by atoms with Gasteiger partial charge in [-0.05, 0) is 30.4 Å². The van der Waals surface area contributed by atoms with Crippen molar-refractivity contribution in [2.45, 2.75) is 39.2 Å². The van der Waals surface area contributed by atoms with Crippen molar-refractivity contribution in [2.75, 3.05) is 23.3 Å². The lowest BCUT2D eigenvalue weighted by molar-refractivity contribution is -0.116. The van der Waals surface area contributed by atoms with Crippen molar-refractivity contribution in [3.63, 3.8) is 0 Å². The highest BCUT2D eigenvalue weighted by Crippen LogP contribution is 2.28. The number of benzene rings is 1. The van der Waals surface area contributed by atoms with Gasteiger partial charge in [-0.2, -0.15) is 0 Å². The zero-order valence-corrected chi connectivity index (χ0v) is 18.2. The minimum atomic E-state index is -0.543. The summed E-state index contributed by atoms with van der Waals surface area (Å²) >= 11 is 1.29. The summed E-state index contributed by atoms with van der Waals surface area (Å²) in [5, 5.41) is 3.63. The standard InChI is InChI=1S/C21H25N5O3S/c1-13(2)14-8-4-5-9-15(14)22-16(27)12-26-18-17(19(28)24(3)21(26)29)30-20(23-18)25-10-6-7-11-25/h4-5,8-9,13H,6-7,10-12H2,1-3H3,(H,22,27). The van der Waals surface area contributed by atoms with Crippen molar-refractivity contribution in [2.24, 2.45) is 7.05 Å². The summed E-state index contributed by atoms with van der Waals surface area (Å²) in [7, 11) is 1.43. The summed E-state index contributed by atoms with van der Waals surface area (Å²) in [5.41, 5.74) is 1.11. The van der Waals surface area contributed by atoms with Crippen molar-refractivity contribution in [1.29, 1.82) is 0 Å². The molecule has 0 unspecified atom stereocenters. The number of aromatic nitrogens is 3. The highest BCUT2D eigenvalue weighted by Gasteiger charge is 2.22. The molecule has 1 aromatic carbocycles. The van der Waals surface area contributed by atoms with E-state index < -0.39 is 5.69 Å². The van der Waals surface area contributed by atoms with Gasteiger partial charge in [-0.15, -0.1) is 0 Å². The first-order valence-electron chi connectivity index (χ1n) is 10.1. The second-order valence-electron chi connectivity index (χ2n) is 7.87. The lowest BCUT2D eigenvalue weighted by atomic mass is 10.0. The maximum Gasteiger partial charge on any atom is 0.332 e. The first-order chi connectivity index (χ1) is 14.4. The van der Waals surface area contributed by atoms with Crippen LogP contribution in [0.4, 0.5) is 10.8 Å². The summed E-state index contributed by atoms with van der Waals surface area (Å²) < 4.78 is 2.73. The molecule has 0 spiro atoms. The number of carbonyl (C=O) groups excluding carboxylic acids is 1. The third-order valence-electron chi connectivity index (χ3n) is 5.41. The number of rotatable bonds is 5. The molecule has 0 atom stereocenters. The highest BCUT2D eigenvalue weighted by atomic mass is 32.1. The number of nitrogens with one attached hydrogen (secondary N) is 1. The number of carbonyl (C=O) groups is 1. The number of para-hydroxylation sites is 1. The molecule has 1 amide bonds. The topological polar surface area (TPSA) is 89.2 Å². The number of thiazole rings is 1. The Balaban J connectivity index is 1.71. The zero-order chi connectivity index (χ0) is 21.4. The van der Waals surface area contributed by atoms with E-state index >= 15 is 0 Å². The van der Waals surface area contributed by atoms with Gasteiger partial charge < -0.3 is 10.2 Å². The molecule has 2 aromatic heterocycles. The van der Waals surface area contributed by atoms with Gasteiger partial charge in [0.15, 0.2) is 10.8 Å². The van der Waals surface area contributed by atoms with Crippen molar-refractivity contribution in [3.05, 3.63) is 50.7 Å². The Hall–Kier alpha value is -2.94. The number of nitrogens with zero attached hydrogens (tertiary/aromatic N) is 4. The second-order valence-corrected chi connectivity index (χ2v) is 8.84. The lowest BCUT2D eigenvalue weighted by Gasteiger charge is -2.14. The maximum atomic E-state index is 12.8. The van der Waals surface area contributed by atoms with Crippen LogP contribution in [0.25, 0.3) is 10.3 Å². The lowest BCUT2D eigenvalue weighted by Crippen LogP contribution is -2.40. The smallest absolute Gasteiger partial charge is 0.332 e. The Morgan fingerprint density at radius 3 is 2.60 bits per heavy atom. The van der Waals surface area contributed by atoms with Gasteiger partial charge in [-0.3, -0.25) is 18.7 Å². The molecule has 1 saturated heterocycles. The number of anilines is 2. The van der Waals surface area contributed by atoms with Crippen molar-refractivity contribution in [1.82, 2.24) is 14.1 Å². The summed E-state index contributed by atoms with van der Waals surface area (Å²) in [6.45, 7) is 5.68. The van der Waals surface area contributed by atoms with Crippen LogP contribution < -0.4 is 21.5 Å². The molecule has 3 heterocycles. The van der Waals surface area contributed by atoms with Crippen LogP contribution >= 0.6 is 11.3 Å². The molecule has 158 valence electrons. The van der Waals surface area contributed by atoms with Gasteiger partial charge in [0.2, 0.25) is 5.91 Å². The molecule has 4 rings (SSSR count). The van der Waals surface area contributed by atoms with E-state index in [1.807, 2.05) is 24.3 Å². The van der Waals surface area contributed by atoms with Gasteiger partial charge >= 0.3 is 5.69 Å². The van der Waals surface area contributed by atoms with E-state index in [0.717, 1.165) is 46.9 Å². The van der Waals surface area contributed by atoms with Gasteiger partial charge in [-0.25, -0.2) is 9.78 Å². The quantitative estimate of drug-likeness (QED) is 0.676. The maximum absolute atomic E-state index is 12.8. The predicted octanol–water partition coefficient (Wildman–Crippen LogP) is 2.52. The molecule has 1 fully saturated rings. The fraction of sp³-hybridized carbons (Fsp3) is 0.429. The van der Waals surface area contributed by atoms with E-state index in [0.29, 0.717) is 4.70 Å². The Bertz CT molecular complexity index is 1220. The Kier molecular flexibility index (Phi) is 5.46. The zero-order valence-electron chi connectivity index (χ0n) is 17.3. The van der Waals surface area contributed by atoms with E-state index in [4.69, 9.17) is 0 Å². The molecule has 1 N–H and O–H groups in total. The van der Waals surface area contributed by atoms with Gasteiger partial charge in [0.05, 0.1) is 0 Å². The van der Waals surface area contributed by atoms with Crippen LogP contribution in [0, 0.1) is 0 Å². The molecular weight excluding hydrogens is 402 g/mol. The molecule has 0 radical (unpaired) electrons. The van der Waals surface area contributed by atoms with Crippen molar-refractivity contribution in [3.8, 4) is 0 Å². The second kappa shape index (κ2) is 8.06. The van der Waals surface area contributed by atoms with Gasteiger partial charge in [0, 0.05) is 25.8 Å². The molecule has 30 heavy (non-hydrogen) atoms. The van der Waals surface area contributed by atoms with Gasteiger partial charge in [-0.1, -0.05) is 43.4 Å². The van der Waals surface area contributed by atoms with Crippen LogP contribution in [0.15, 0.2) is 33.9 Å². The number of amides is 1. The van der Waals surface area contributed by atoms with Crippen LogP contribution in [0.5, 0.6) is 0 Å². The van der Waals surface area contributed by atoms with E-state index in [2.05, 4.69) is 29.0 Å². The third kappa shape index (κ3) is 3.65. The minimum absolute atomic E-state index is 0.209. The SMILES string of the molecule is CC(C)c1ccccc1NC(=O)Cn1c(=O)n(C)c(=O)c2sc(N3CCCC3)nc21. The summed E-state index contributed by atoms with van der Waals surface area (Å²) in [6, 6.07) is 7.61. The Labute approximate surface area is 177 Å². The molecule has 9 heteroatoms. The van der Waals surface area contributed by atoms with Gasteiger partial charge in [0.1, 0.15) is 11.2 Å². The minimum Gasteiger partial charge on any atom is -0.348 e. The normalized spacial score (nSPS) is 14.1. The van der Waals surface area contributed by atoms with E-state index in [-0.39, 0.29) is 29.6 Å². The average Bonchev–Trinajstić information content (AvgIpc) is 3.39. The number of hydrogen-bond donors (Lipinski definition) is 1.